The molecule has 0 bridgehead atoms. The van der Waals surface area contributed by atoms with Gasteiger partial charge in [-0.1, -0.05) is 30.3 Å². The van der Waals surface area contributed by atoms with Crippen LogP contribution in [0.25, 0.3) is 5.65 Å². The van der Waals surface area contributed by atoms with Gasteiger partial charge in [0.15, 0.2) is 5.65 Å². The van der Waals surface area contributed by atoms with Crippen molar-refractivity contribution in [3.63, 3.8) is 0 Å². The summed E-state index contributed by atoms with van der Waals surface area (Å²) in [5.74, 6) is 0. The Balaban J connectivity index is 1.25. The van der Waals surface area contributed by atoms with Gasteiger partial charge in [0.05, 0.1) is 0 Å². The maximum absolute atomic E-state index is 4.29. The lowest BCUT2D eigenvalue weighted by Crippen LogP contribution is -2.31. The molecular weight excluding hydrogens is 322 g/mol. The molecule has 0 aliphatic carbocycles. The number of pyridine rings is 1. The van der Waals surface area contributed by atoms with Gasteiger partial charge in [-0.15, -0.1) is 0 Å². The summed E-state index contributed by atoms with van der Waals surface area (Å²) in [4.78, 5) is 9.49. The average molecular weight is 349 g/mol. The predicted octanol–water partition coefficient (Wildman–Crippen LogP) is 2.87. The molecule has 1 aromatic carbocycles. The van der Waals surface area contributed by atoms with Crippen LogP contribution in [0.2, 0.25) is 0 Å². The Morgan fingerprint density at radius 2 is 1.73 bits per heavy atom. The molecule has 0 radical (unpaired) electrons. The third-order valence-electron chi connectivity index (χ3n) is 5.22. The zero-order valence-corrected chi connectivity index (χ0v) is 15.3. The van der Waals surface area contributed by atoms with Crippen LogP contribution in [0.15, 0.2) is 55.0 Å². The molecule has 1 saturated heterocycles. The second-order valence-electron chi connectivity index (χ2n) is 7.16. The molecule has 3 heterocycles. The molecule has 3 aromatic rings. The summed E-state index contributed by atoms with van der Waals surface area (Å²) in [5.41, 5.74) is 3.70. The number of nitrogens with zero attached hydrogens (tertiary/aromatic N) is 5. The molecule has 136 valence electrons. The monoisotopic (exact) mass is 349 g/mol. The second-order valence-corrected chi connectivity index (χ2v) is 7.16. The first-order valence-corrected chi connectivity index (χ1v) is 9.64. The van der Waals surface area contributed by atoms with Gasteiger partial charge < -0.3 is 4.90 Å². The molecule has 0 saturated carbocycles. The van der Waals surface area contributed by atoms with Crippen LogP contribution in [0.4, 0.5) is 0 Å². The second kappa shape index (κ2) is 8.43. The van der Waals surface area contributed by atoms with Crippen molar-refractivity contribution >= 4 is 5.65 Å². The summed E-state index contributed by atoms with van der Waals surface area (Å²) in [6.07, 6.45) is 7.29. The van der Waals surface area contributed by atoms with Gasteiger partial charge in [0.2, 0.25) is 0 Å². The van der Waals surface area contributed by atoms with E-state index >= 15 is 0 Å². The van der Waals surface area contributed by atoms with Gasteiger partial charge in [-0.2, -0.15) is 5.10 Å². The topological polar surface area (TPSA) is 36.7 Å². The highest BCUT2D eigenvalue weighted by atomic mass is 15.3. The Kier molecular flexibility index (Phi) is 5.57. The SMILES string of the molecule is c1ccc(CCCN2CCCN(Cc3ccn4ncnc4c3)CC2)cc1. The lowest BCUT2D eigenvalue weighted by Gasteiger charge is -2.22. The molecule has 1 aliphatic rings. The highest BCUT2D eigenvalue weighted by Crippen LogP contribution is 2.11. The van der Waals surface area contributed by atoms with E-state index in [9.17, 15) is 0 Å². The maximum atomic E-state index is 4.29. The number of benzene rings is 1. The molecule has 0 N–H and O–H groups in total. The van der Waals surface area contributed by atoms with Crippen molar-refractivity contribution in [2.24, 2.45) is 0 Å². The van der Waals surface area contributed by atoms with E-state index in [2.05, 4.69) is 62.3 Å². The number of rotatable bonds is 6. The van der Waals surface area contributed by atoms with Crippen molar-refractivity contribution < 1.29 is 0 Å². The Hall–Kier alpha value is -2.24. The smallest absolute Gasteiger partial charge is 0.155 e. The fourth-order valence-corrected chi connectivity index (χ4v) is 3.77. The molecule has 1 fully saturated rings. The van der Waals surface area contributed by atoms with Gasteiger partial charge in [0.1, 0.15) is 6.33 Å². The number of hydrogen-bond acceptors (Lipinski definition) is 4. The summed E-state index contributed by atoms with van der Waals surface area (Å²) in [6, 6.07) is 15.1. The van der Waals surface area contributed by atoms with Crippen LogP contribution in [0.1, 0.15) is 24.0 Å². The lowest BCUT2D eigenvalue weighted by atomic mass is 10.1. The first kappa shape index (κ1) is 17.2. The van der Waals surface area contributed by atoms with Crippen LogP contribution in [-0.2, 0) is 13.0 Å². The molecule has 26 heavy (non-hydrogen) atoms. The van der Waals surface area contributed by atoms with Crippen LogP contribution < -0.4 is 0 Å². The molecule has 0 spiro atoms. The van der Waals surface area contributed by atoms with Crippen LogP contribution in [-0.4, -0.2) is 57.1 Å². The minimum absolute atomic E-state index is 0.930. The zero-order chi connectivity index (χ0) is 17.6. The van der Waals surface area contributed by atoms with E-state index in [0.717, 1.165) is 18.7 Å². The third kappa shape index (κ3) is 4.48. The fraction of sp³-hybridized carbons (Fsp3) is 0.429. The fourth-order valence-electron chi connectivity index (χ4n) is 3.77. The molecule has 5 heteroatoms. The van der Waals surface area contributed by atoms with Crippen LogP contribution >= 0.6 is 0 Å². The quantitative estimate of drug-likeness (QED) is 0.686. The molecule has 4 rings (SSSR count). The summed E-state index contributed by atoms with van der Waals surface area (Å²) in [5, 5.41) is 4.17. The standard InChI is InChI=1S/C21H27N5/c1-2-6-19(7-3-1)8-4-10-24-11-5-12-25(15-14-24)17-20-9-13-26-21(16-20)22-18-23-26/h1-3,6-7,9,13,16,18H,4-5,8,10-12,14-15,17H2. The molecule has 2 aromatic heterocycles. The Labute approximate surface area is 155 Å². The number of fused-ring (bicyclic) bond motifs is 1. The van der Waals surface area contributed by atoms with Crippen molar-refractivity contribution in [1.29, 1.82) is 0 Å². The van der Waals surface area contributed by atoms with Crippen molar-refractivity contribution in [2.45, 2.75) is 25.8 Å². The molecule has 1 aliphatic heterocycles. The largest absolute Gasteiger partial charge is 0.302 e. The molecule has 5 nitrogen and oxygen atoms in total. The van der Waals surface area contributed by atoms with E-state index in [1.807, 2.05) is 10.7 Å². The molecule has 0 unspecified atom stereocenters. The zero-order valence-electron chi connectivity index (χ0n) is 15.3. The first-order chi connectivity index (χ1) is 12.9. The summed E-state index contributed by atoms with van der Waals surface area (Å²) >= 11 is 0. The minimum atomic E-state index is 0.930. The van der Waals surface area contributed by atoms with Crippen molar-refractivity contribution in [3.05, 3.63) is 66.1 Å². The maximum Gasteiger partial charge on any atom is 0.155 e. The number of aromatic nitrogens is 3. The predicted molar refractivity (Wildman–Crippen MR) is 104 cm³/mol. The van der Waals surface area contributed by atoms with E-state index in [1.54, 1.807) is 6.33 Å². The van der Waals surface area contributed by atoms with Gasteiger partial charge in [-0.25, -0.2) is 9.50 Å². The van der Waals surface area contributed by atoms with E-state index in [1.165, 1.54) is 56.6 Å². The Morgan fingerprint density at radius 3 is 2.65 bits per heavy atom. The van der Waals surface area contributed by atoms with E-state index in [4.69, 9.17) is 0 Å². The summed E-state index contributed by atoms with van der Waals surface area (Å²) in [6.45, 7) is 6.91. The lowest BCUT2D eigenvalue weighted by molar-refractivity contribution is 0.250. The van der Waals surface area contributed by atoms with Crippen molar-refractivity contribution in [3.8, 4) is 0 Å². The van der Waals surface area contributed by atoms with Gasteiger partial charge >= 0.3 is 0 Å². The normalized spacial score (nSPS) is 16.8. The van der Waals surface area contributed by atoms with Gasteiger partial charge in [-0.3, -0.25) is 4.90 Å². The highest BCUT2D eigenvalue weighted by molar-refractivity contribution is 5.39. The van der Waals surface area contributed by atoms with Gasteiger partial charge in [0.25, 0.3) is 0 Å². The van der Waals surface area contributed by atoms with E-state index in [-0.39, 0.29) is 0 Å². The van der Waals surface area contributed by atoms with Gasteiger partial charge in [-0.05, 0) is 62.2 Å². The van der Waals surface area contributed by atoms with Crippen LogP contribution in [0.5, 0.6) is 0 Å². The van der Waals surface area contributed by atoms with Crippen molar-refractivity contribution in [1.82, 2.24) is 24.4 Å². The highest BCUT2D eigenvalue weighted by Gasteiger charge is 2.15. The van der Waals surface area contributed by atoms with E-state index in [0.29, 0.717) is 0 Å². The van der Waals surface area contributed by atoms with Crippen LogP contribution in [0.3, 0.4) is 0 Å². The summed E-state index contributed by atoms with van der Waals surface area (Å²) < 4.78 is 1.82. The number of hydrogen-bond donors (Lipinski definition) is 0. The Bertz CT molecular complexity index is 813. The molecular formula is C21H27N5. The molecule has 0 amide bonds. The third-order valence-corrected chi connectivity index (χ3v) is 5.22. The summed E-state index contributed by atoms with van der Waals surface area (Å²) in [7, 11) is 0. The Morgan fingerprint density at radius 1 is 0.885 bits per heavy atom. The minimum Gasteiger partial charge on any atom is -0.302 e. The average Bonchev–Trinajstić information content (AvgIpc) is 3.03. The first-order valence-electron chi connectivity index (χ1n) is 9.64. The molecule has 0 atom stereocenters. The van der Waals surface area contributed by atoms with Gasteiger partial charge in [0, 0.05) is 25.8 Å². The number of aryl methyl sites for hydroxylation is 1. The van der Waals surface area contributed by atoms with Crippen molar-refractivity contribution in [2.75, 3.05) is 32.7 Å². The van der Waals surface area contributed by atoms with Crippen LogP contribution in [0, 0.1) is 0 Å². The van der Waals surface area contributed by atoms with E-state index < -0.39 is 0 Å².